The zero-order valence-electron chi connectivity index (χ0n) is 7.95. The molecule has 0 unspecified atom stereocenters. The molecule has 0 amide bonds. The van der Waals surface area contributed by atoms with E-state index in [1.54, 1.807) is 6.20 Å². The average Bonchev–Trinajstić information content (AvgIpc) is 2.30. The summed E-state index contributed by atoms with van der Waals surface area (Å²) in [5.74, 6) is 0. The summed E-state index contributed by atoms with van der Waals surface area (Å²) in [4.78, 5) is 4.37. The summed E-state index contributed by atoms with van der Waals surface area (Å²) in [6.07, 6.45) is 1.80. The second kappa shape index (κ2) is 4.77. The largest absolute Gasteiger partial charge is 0.256 e. The fourth-order valence-corrected chi connectivity index (χ4v) is 2.15. The van der Waals surface area contributed by atoms with Gasteiger partial charge in [0.15, 0.2) is 0 Å². The third-order valence-electron chi connectivity index (χ3n) is 2.14. The van der Waals surface area contributed by atoms with E-state index in [9.17, 15) is 0 Å². The van der Waals surface area contributed by atoms with Crippen LogP contribution in [0, 0.1) is 0 Å². The van der Waals surface area contributed by atoms with Gasteiger partial charge in [0, 0.05) is 22.1 Å². The zero-order chi connectivity index (χ0) is 10.7. The highest BCUT2D eigenvalue weighted by atomic mass is 79.9. The van der Waals surface area contributed by atoms with Gasteiger partial charge in [0.2, 0.25) is 0 Å². The lowest BCUT2D eigenvalue weighted by atomic mass is 10.1. The van der Waals surface area contributed by atoms with E-state index in [1.807, 2.05) is 36.4 Å². The van der Waals surface area contributed by atoms with E-state index in [-0.39, 0.29) is 0 Å². The van der Waals surface area contributed by atoms with Crippen LogP contribution in [0.3, 0.4) is 0 Å². The van der Waals surface area contributed by atoms with E-state index >= 15 is 0 Å². The Bertz CT molecular complexity index is 456. The standard InChI is InChI=1S/C12H9BrClN/c13-7-10-8-15-12(6-11(10)14)9-4-2-1-3-5-9/h1-6,8H,7H2. The van der Waals surface area contributed by atoms with E-state index in [0.29, 0.717) is 0 Å². The van der Waals surface area contributed by atoms with Crippen molar-refractivity contribution in [3.8, 4) is 11.3 Å². The molecule has 2 aromatic rings. The quantitative estimate of drug-likeness (QED) is 0.749. The van der Waals surface area contributed by atoms with Crippen molar-refractivity contribution in [2.75, 3.05) is 0 Å². The molecule has 3 heteroatoms. The number of nitrogens with zero attached hydrogens (tertiary/aromatic N) is 1. The molecule has 0 spiro atoms. The van der Waals surface area contributed by atoms with Crippen molar-refractivity contribution in [2.24, 2.45) is 0 Å². The van der Waals surface area contributed by atoms with Gasteiger partial charge >= 0.3 is 0 Å². The molecule has 0 radical (unpaired) electrons. The molecule has 0 aliphatic carbocycles. The van der Waals surface area contributed by atoms with Crippen molar-refractivity contribution in [1.29, 1.82) is 0 Å². The van der Waals surface area contributed by atoms with Gasteiger partial charge in [-0.25, -0.2) is 0 Å². The summed E-state index contributed by atoms with van der Waals surface area (Å²) >= 11 is 9.47. The molecule has 1 aromatic heterocycles. The molecular formula is C12H9BrClN. The van der Waals surface area contributed by atoms with Gasteiger partial charge in [-0.05, 0) is 11.6 Å². The van der Waals surface area contributed by atoms with Gasteiger partial charge < -0.3 is 0 Å². The lowest BCUT2D eigenvalue weighted by Crippen LogP contribution is -1.87. The first-order chi connectivity index (χ1) is 7.31. The predicted molar refractivity (Wildman–Crippen MR) is 67.3 cm³/mol. The molecule has 76 valence electrons. The second-order valence-electron chi connectivity index (χ2n) is 3.16. The number of hydrogen-bond donors (Lipinski definition) is 0. The molecule has 0 atom stereocenters. The third-order valence-corrected chi connectivity index (χ3v) is 3.10. The van der Waals surface area contributed by atoms with Crippen LogP contribution in [0.5, 0.6) is 0 Å². The summed E-state index contributed by atoms with van der Waals surface area (Å²) in [7, 11) is 0. The van der Waals surface area contributed by atoms with Gasteiger partial charge in [-0.2, -0.15) is 0 Å². The summed E-state index contributed by atoms with van der Waals surface area (Å²) in [6.45, 7) is 0. The molecule has 0 fully saturated rings. The van der Waals surface area contributed by atoms with Gasteiger partial charge in [-0.3, -0.25) is 4.98 Å². The molecule has 1 aromatic carbocycles. The summed E-state index contributed by atoms with van der Waals surface area (Å²) in [6, 6.07) is 11.9. The fraction of sp³-hybridized carbons (Fsp3) is 0.0833. The Balaban J connectivity index is 2.43. The molecule has 0 bridgehead atoms. The molecule has 1 heterocycles. The second-order valence-corrected chi connectivity index (χ2v) is 4.13. The van der Waals surface area contributed by atoms with E-state index in [2.05, 4.69) is 20.9 Å². The van der Waals surface area contributed by atoms with Gasteiger partial charge in [-0.15, -0.1) is 0 Å². The van der Waals surface area contributed by atoms with E-state index < -0.39 is 0 Å². The summed E-state index contributed by atoms with van der Waals surface area (Å²) in [5.41, 5.74) is 3.00. The Morgan fingerprint density at radius 2 is 1.93 bits per heavy atom. The van der Waals surface area contributed by atoms with Crippen LogP contribution >= 0.6 is 27.5 Å². The van der Waals surface area contributed by atoms with Crippen molar-refractivity contribution in [2.45, 2.75) is 5.33 Å². The van der Waals surface area contributed by atoms with E-state index in [0.717, 1.165) is 27.2 Å². The monoisotopic (exact) mass is 281 g/mol. The SMILES string of the molecule is Clc1cc(-c2ccccc2)ncc1CBr. The van der Waals surface area contributed by atoms with Crippen LogP contribution in [-0.2, 0) is 5.33 Å². The summed E-state index contributed by atoms with van der Waals surface area (Å²) < 4.78 is 0. The molecule has 0 saturated heterocycles. The molecule has 0 N–H and O–H groups in total. The van der Waals surface area contributed by atoms with Crippen molar-refractivity contribution in [3.63, 3.8) is 0 Å². The lowest BCUT2D eigenvalue weighted by Gasteiger charge is -2.03. The minimum Gasteiger partial charge on any atom is -0.256 e. The average molecular weight is 283 g/mol. The van der Waals surface area contributed by atoms with Crippen LogP contribution < -0.4 is 0 Å². The van der Waals surface area contributed by atoms with Gasteiger partial charge in [0.05, 0.1) is 5.69 Å². The number of rotatable bonds is 2. The van der Waals surface area contributed by atoms with Gasteiger partial charge in [0.1, 0.15) is 0 Å². The number of pyridine rings is 1. The van der Waals surface area contributed by atoms with Crippen molar-refractivity contribution in [1.82, 2.24) is 4.98 Å². The van der Waals surface area contributed by atoms with Gasteiger partial charge in [0.25, 0.3) is 0 Å². The Morgan fingerprint density at radius 1 is 1.20 bits per heavy atom. The maximum absolute atomic E-state index is 6.11. The normalized spacial score (nSPS) is 10.3. The van der Waals surface area contributed by atoms with Crippen LogP contribution in [0.4, 0.5) is 0 Å². The van der Waals surface area contributed by atoms with E-state index in [1.165, 1.54) is 0 Å². The molecule has 1 nitrogen and oxygen atoms in total. The van der Waals surface area contributed by atoms with Crippen molar-refractivity contribution in [3.05, 3.63) is 53.2 Å². The molecule has 0 aliphatic rings. The highest BCUT2D eigenvalue weighted by Gasteiger charge is 2.03. The molecule has 0 aliphatic heterocycles. The number of aromatic nitrogens is 1. The Morgan fingerprint density at radius 3 is 2.53 bits per heavy atom. The highest BCUT2D eigenvalue weighted by molar-refractivity contribution is 9.08. The van der Waals surface area contributed by atoms with Crippen LogP contribution in [0.1, 0.15) is 5.56 Å². The van der Waals surface area contributed by atoms with Crippen LogP contribution in [0.25, 0.3) is 11.3 Å². The minimum absolute atomic E-state index is 0.730. The minimum atomic E-state index is 0.730. The first kappa shape index (κ1) is 10.7. The van der Waals surface area contributed by atoms with Crippen LogP contribution in [0.2, 0.25) is 5.02 Å². The van der Waals surface area contributed by atoms with Crippen LogP contribution in [0.15, 0.2) is 42.6 Å². The first-order valence-corrected chi connectivity index (χ1v) is 6.07. The lowest BCUT2D eigenvalue weighted by molar-refractivity contribution is 1.26. The maximum Gasteiger partial charge on any atom is 0.0717 e. The van der Waals surface area contributed by atoms with Crippen molar-refractivity contribution >= 4 is 27.5 Å². The number of benzene rings is 1. The number of alkyl halides is 1. The Hall–Kier alpha value is -0.860. The summed E-state index contributed by atoms with van der Waals surface area (Å²) in [5, 5.41) is 1.48. The smallest absolute Gasteiger partial charge is 0.0717 e. The Kier molecular flexibility index (Phi) is 3.39. The third kappa shape index (κ3) is 2.39. The number of hydrogen-bond acceptors (Lipinski definition) is 1. The van der Waals surface area contributed by atoms with Crippen LogP contribution in [-0.4, -0.2) is 4.98 Å². The maximum atomic E-state index is 6.11. The van der Waals surface area contributed by atoms with E-state index in [4.69, 9.17) is 11.6 Å². The fourth-order valence-electron chi connectivity index (χ4n) is 1.32. The topological polar surface area (TPSA) is 12.9 Å². The molecule has 15 heavy (non-hydrogen) atoms. The Labute approximate surface area is 102 Å². The predicted octanol–water partition coefficient (Wildman–Crippen LogP) is 4.30. The van der Waals surface area contributed by atoms with Gasteiger partial charge in [-0.1, -0.05) is 57.9 Å². The zero-order valence-corrected chi connectivity index (χ0v) is 10.3. The molecule has 0 saturated carbocycles. The molecular weight excluding hydrogens is 273 g/mol. The first-order valence-electron chi connectivity index (χ1n) is 4.57. The molecule has 2 rings (SSSR count). The van der Waals surface area contributed by atoms with Crippen molar-refractivity contribution < 1.29 is 0 Å². The number of halogens is 2. The highest BCUT2D eigenvalue weighted by Crippen LogP contribution is 2.24.